The number of nitrogens with two attached hydrogens (primary N) is 1. The van der Waals surface area contributed by atoms with Crippen molar-refractivity contribution in [3.63, 3.8) is 0 Å². The zero-order valence-electron chi connectivity index (χ0n) is 11.2. The molecule has 2 fully saturated rings. The Balaban J connectivity index is 1.58. The lowest BCUT2D eigenvalue weighted by Crippen LogP contribution is -2.30. The summed E-state index contributed by atoms with van der Waals surface area (Å²) in [5.41, 5.74) is 6.19. The van der Waals surface area contributed by atoms with Crippen molar-refractivity contribution in [2.24, 2.45) is 11.1 Å². The van der Waals surface area contributed by atoms with Crippen LogP contribution in [0.2, 0.25) is 0 Å². The minimum absolute atomic E-state index is 0.335. The standard InChI is InChI=1S/C14H23N3S/c1-14(9-15)5-6-17(10-14)8-12-7-16-13(18-12)11-3-2-4-11/h7,11H,2-6,8-10,15H2,1H3. The minimum atomic E-state index is 0.335. The zero-order valence-corrected chi connectivity index (χ0v) is 12.0. The van der Waals surface area contributed by atoms with Crippen LogP contribution in [-0.4, -0.2) is 29.5 Å². The highest BCUT2D eigenvalue weighted by molar-refractivity contribution is 7.11. The van der Waals surface area contributed by atoms with E-state index in [4.69, 9.17) is 5.73 Å². The van der Waals surface area contributed by atoms with Crippen LogP contribution < -0.4 is 5.73 Å². The van der Waals surface area contributed by atoms with Crippen LogP contribution in [0, 0.1) is 5.41 Å². The second kappa shape index (κ2) is 4.91. The lowest BCUT2D eigenvalue weighted by molar-refractivity contribution is 0.276. The Morgan fingerprint density at radius 1 is 1.56 bits per heavy atom. The molecule has 2 heterocycles. The first-order valence-corrected chi connectivity index (χ1v) is 7.87. The summed E-state index contributed by atoms with van der Waals surface area (Å²) in [4.78, 5) is 8.57. The molecule has 1 atom stereocenters. The van der Waals surface area contributed by atoms with Crippen LogP contribution in [0.4, 0.5) is 0 Å². The van der Waals surface area contributed by atoms with Crippen molar-refractivity contribution < 1.29 is 0 Å². The van der Waals surface area contributed by atoms with Gasteiger partial charge in [0.2, 0.25) is 0 Å². The molecular weight excluding hydrogens is 242 g/mol. The number of hydrogen-bond donors (Lipinski definition) is 1. The molecule has 2 N–H and O–H groups in total. The third-order valence-corrected chi connectivity index (χ3v) is 5.68. The molecule has 1 saturated carbocycles. The van der Waals surface area contributed by atoms with Gasteiger partial charge >= 0.3 is 0 Å². The van der Waals surface area contributed by atoms with Crippen molar-refractivity contribution in [2.75, 3.05) is 19.6 Å². The SMILES string of the molecule is CC1(CN)CCN(Cc2cnc(C3CCC3)s2)C1. The van der Waals surface area contributed by atoms with Crippen molar-refractivity contribution >= 4 is 11.3 Å². The van der Waals surface area contributed by atoms with Crippen molar-refractivity contribution in [2.45, 2.75) is 45.1 Å². The molecule has 100 valence electrons. The highest BCUT2D eigenvalue weighted by atomic mass is 32.1. The van der Waals surface area contributed by atoms with E-state index in [0.717, 1.165) is 25.6 Å². The van der Waals surface area contributed by atoms with Crippen LogP contribution in [-0.2, 0) is 6.54 Å². The van der Waals surface area contributed by atoms with E-state index in [0.29, 0.717) is 5.41 Å². The molecule has 18 heavy (non-hydrogen) atoms. The lowest BCUT2D eigenvalue weighted by Gasteiger charge is -2.23. The Hall–Kier alpha value is -0.450. The summed E-state index contributed by atoms with van der Waals surface area (Å²) in [6, 6.07) is 0. The molecule has 0 radical (unpaired) electrons. The van der Waals surface area contributed by atoms with Gasteiger partial charge in [0.1, 0.15) is 0 Å². The van der Waals surface area contributed by atoms with Crippen molar-refractivity contribution in [3.8, 4) is 0 Å². The van der Waals surface area contributed by atoms with Gasteiger partial charge < -0.3 is 5.73 Å². The Labute approximate surface area is 113 Å². The van der Waals surface area contributed by atoms with E-state index in [9.17, 15) is 0 Å². The number of hydrogen-bond acceptors (Lipinski definition) is 4. The maximum Gasteiger partial charge on any atom is 0.0959 e. The summed E-state index contributed by atoms with van der Waals surface area (Å²) < 4.78 is 0. The summed E-state index contributed by atoms with van der Waals surface area (Å²) in [7, 11) is 0. The van der Waals surface area contributed by atoms with Crippen LogP contribution in [0.1, 0.15) is 48.4 Å². The molecule has 4 heteroatoms. The fraction of sp³-hybridized carbons (Fsp3) is 0.786. The summed E-state index contributed by atoms with van der Waals surface area (Å²) >= 11 is 1.93. The number of nitrogens with zero attached hydrogens (tertiary/aromatic N) is 2. The molecular formula is C14H23N3S. The summed E-state index contributed by atoms with van der Waals surface area (Å²) in [5, 5.41) is 1.37. The average Bonchev–Trinajstić information content (AvgIpc) is 2.86. The van der Waals surface area contributed by atoms with Gasteiger partial charge in [-0.1, -0.05) is 13.3 Å². The first kappa shape index (κ1) is 12.6. The van der Waals surface area contributed by atoms with E-state index < -0.39 is 0 Å². The van der Waals surface area contributed by atoms with Gasteiger partial charge in [-0.15, -0.1) is 11.3 Å². The van der Waals surface area contributed by atoms with Crippen LogP contribution in [0.3, 0.4) is 0 Å². The topological polar surface area (TPSA) is 42.1 Å². The smallest absolute Gasteiger partial charge is 0.0959 e. The van der Waals surface area contributed by atoms with Gasteiger partial charge in [0.25, 0.3) is 0 Å². The van der Waals surface area contributed by atoms with Crippen LogP contribution in [0.5, 0.6) is 0 Å². The third-order valence-electron chi connectivity index (χ3n) is 4.54. The van der Waals surface area contributed by atoms with E-state index in [-0.39, 0.29) is 0 Å². The Morgan fingerprint density at radius 2 is 2.39 bits per heavy atom. The Kier molecular flexibility index (Phi) is 3.43. The number of likely N-dealkylation sites (tertiary alicyclic amines) is 1. The lowest BCUT2D eigenvalue weighted by atomic mass is 9.86. The molecule has 1 unspecified atom stereocenters. The summed E-state index contributed by atoms with van der Waals surface area (Å²) in [6.45, 7) is 6.50. The van der Waals surface area contributed by atoms with Crippen molar-refractivity contribution in [1.82, 2.24) is 9.88 Å². The predicted molar refractivity (Wildman–Crippen MR) is 75.8 cm³/mol. The monoisotopic (exact) mass is 265 g/mol. The molecule has 0 aromatic carbocycles. The molecule has 0 spiro atoms. The minimum Gasteiger partial charge on any atom is -0.330 e. The van der Waals surface area contributed by atoms with Crippen molar-refractivity contribution in [1.29, 1.82) is 0 Å². The van der Waals surface area contributed by atoms with E-state index in [1.165, 1.54) is 42.1 Å². The van der Waals surface area contributed by atoms with Crippen LogP contribution >= 0.6 is 11.3 Å². The predicted octanol–water partition coefficient (Wildman–Crippen LogP) is 2.58. The number of rotatable bonds is 4. The van der Waals surface area contributed by atoms with Crippen LogP contribution in [0.15, 0.2) is 6.20 Å². The van der Waals surface area contributed by atoms with Gasteiger partial charge in [0, 0.05) is 30.1 Å². The maximum absolute atomic E-state index is 5.86. The fourth-order valence-corrected chi connectivity index (χ4v) is 4.02. The fourth-order valence-electron chi connectivity index (χ4n) is 2.89. The number of thiazole rings is 1. The third kappa shape index (κ3) is 2.46. The normalized spacial score (nSPS) is 29.7. The first-order chi connectivity index (χ1) is 8.68. The van der Waals surface area contributed by atoms with Crippen LogP contribution in [0.25, 0.3) is 0 Å². The van der Waals surface area contributed by atoms with E-state index in [1.54, 1.807) is 0 Å². The Morgan fingerprint density at radius 3 is 3.00 bits per heavy atom. The van der Waals surface area contributed by atoms with Gasteiger partial charge in [0.05, 0.1) is 5.01 Å². The van der Waals surface area contributed by atoms with Gasteiger partial charge in [-0.05, 0) is 37.8 Å². The van der Waals surface area contributed by atoms with Gasteiger partial charge in [-0.3, -0.25) is 4.90 Å². The second-order valence-corrected chi connectivity index (χ2v) is 7.41. The van der Waals surface area contributed by atoms with Gasteiger partial charge in [0.15, 0.2) is 0 Å². The van der Waals surface area contributed by atoms with Crippen molar-refractivity contribution in [3.05, 3.63) is 16.1 Å². The zero-order chi connectivity index (χ0) is 12.6. The molecule has 3 nitrogen and oxygen atoms in total. The average molecular weight is 265 g/mol. The number of aromatic nitrogens is 1. The van der Waals surface area contributed by atoms with E-state index in [2.05, 4.69) is 23.0 Å². The van der Waals surface area contributed by atoms with E-state index >= 15 is 0 Å². The quantitative estimate of drug-likeness (QED) is 0.910. The summed E-state index contributed by atoms with van der Waals surface area (Å²) in [6.07, 6.45) is 7.42. The van der Waals surface area contributed by atoms with Gasteiger partial charge in [-0.25, -0.2) is 4.98 Å². The first-order valence-electron chi connectivity index (χ1n) is 7.06. The molecule has 1 aliphatic heterocycles. The highest BCUT2D eigenvalue weighted by Gasteiger charge is 2.32. The molecule has 1 aliphatic carbocycles. The summed E-state index contributed by atoms with van der Waals surface area (Å²) in [5.74, 6) is 0.775. The molecule has 1 aromatic rings. The molecule has 1 saturated heterocycles. The Bertz CT molecular complexity index is 413. The maximum atomic E-state index is 5.86. The molecule has 2 aliphatic rings. The van der Waals surface area contributed by atoms with Gasteiger partial charge in [-0.2, -0.15) is 0 Å². The molecule has 3 rings (SSSR count). The second-order valence-electron chi connectivity index (χ2n) is 6.27. The molecule has 0 amide bonds. The molecule has 1 aromatic heterocycles. The molecule has 0 bridgehead atoms. The highest BCUT2D eigenvalue weighted by Crippen LogP contribution is 2.38. The van der Waals surface area contributed by atoms with E-state index in [1.807, 2.05) is 11.3 Å². The largest absolute Gasteiger partial charge is 0.330 e.